The van der Waals surface area contributed by atoms with Gasteiger partial charge < -0.3 is 10.4 Å². The summed E-state index contributed by atoms with van der Waals surface area (Å²) in [6.45, 7) is 1.34. The summed E-state index contributed by atoms with van der Waals surface area (Å²) >= 11 is 1.07. The highest BCUT2D eigenvalue weighted by atomic mass is 32.2. The van der Waals surface area contributed by atoms with Crippen LogP contribution in [0.2, 0.25) is 0 Å². The third kappa shape index (κ3) is 4.80. The minimum Gasteiger partial charge on any atom is -0.481 e. The Morgan fingerprint density at radius 2 is 2.14 bits per heavy atom. The van der Waals surface area contributed by atoms with Crippen LogP contribution in [-0.4, -0.2) is 49.8 Å². The monoisotopic (exact) mass is 334 g/mol. The van der Waals surface area contributed by atoms with E-state index in [4.69, 9.17) is 5.11 Å². The van der Waals surface area contributed by atoms with E-state index in [0.717, 1.165) is 15.6 Å². The van der Waals surface area contributed by atoms with E-state index in [1.807, 2.05) is 0 Å². The predicted molar refractivity (Wildman–Crippen MR) is 78.6 cm³/mol. The van der Waals surface area contributed by atoms with E-state index in [2.05, 4.69) is 5.32 Å². The molecule has 1 unspecified atom stereocenters. The van der Waals surface area contributed by atoms with Gasteiger partial charge in [0.1, 0.15) is 4.21 Å². The van der Waals surface area contributed by atoms with E-state index in [9.17, 15) is 18.0 Å². The summed E-state index contributed by atoms with van der Waals surface area (Å²) in [5.41, 5.74) is 0. The van der Waals surface area contributed by atoms with Gasteiger partial charge in [0.2, 0.25) is 5.91 Å². The third-order valence-electron chi connectivity index (χ3n) is 2.91. The maximum absolute atomic E-state index is 12.1. The number of likely N-dealkylation sites (N-methyl/N-ethyl adjacent to an activating group) is 1. The molecule has 1 aromatic heterocycles. The summed E-state index contributed by atoms with van der Waals surface area (Å²) < 4.78 is 25.3. The first-order valence-corrected chi connectivity index (χ1v) is 8.60. The molecule has 0 radical (unpaired) electrons. The second-order valence-corrected chi connectivity index (χ2v) is 7.66. The van der Waals surface area contributed by atoms with Gasteiger partial charge in [0.25, 0.3) is 10.0 Å². The van der Waals surface area contributed by atoms with Crippen molar-refractivity contribution in [2.75, 3.05) is 20.1 Å². The molecular weight excluding hydrogens is 316 g/mol. The number of hydrogen-bond donors (Lipinski definition) is 2. The Kier molecular flexibility index (Phi) is 6.31. The number of thiophene rings is 1. The van der Waals surface area contributed by atoms with Gasteiger partial charge in [0, 0.05) is 13.6 Å². The minimum atomic E-state index is -3.68. The summed E-state index contributed by atoms with van der Waals surface area (Å²) in [4.78, 5) is 22.5. The highest BCUT2D eigenvalue weighted by Crippen LogP contribution is 2.19. The molecule has 0 aliphatic carbocycles. The SMILES string of the molecule is CCC(CNC(=O)CN(C)S(=O)(=O)c1cccs1)C(=O)O. The maximum atomic E-state index is 12.1. The fourth-order valence-electron chi connectivity index (χ4n) is 1.55. The smallest absolute Gasteiger partial charge is 0.308 e. The molecule has 118 valence electrons. The van der Waals surface area contributed by atoms with Gasteiger partial charge in [-0.1, -0.05) is 13.0 Å². The number of sulfonamides is 1. The average molecular weight is 334 g/mol. The van der Waals surface area contributed by atoms with Gasteiger partial charge in [-0.25, -0.2) is 8.42 Å². The van der Waals surface area contributed by atoms with Crippen LogP contribution in [0.3, 0.4) is 0 Å². The third-order valence-corrected chi connectivity index (χ3v) is 6.09. The second kappa shape index (κ2) is 7.53. The lowest BCUT2D eigenvalue weighted by atomic mass is 10.1. The van der Waals surface area contributed by atoms with Crippen molar-refractivity contribution in [2.45, 2.75) is 17.6 Å². The number of rotatable bonds is 8. The van der Waals surface area contributed by atoms with Crippen LogP contribution in [0.15, 0.2) is 21.7 Å². The van der Waals surface area contributed by atoms with Crippen LogP contribution in [0, 0.1) is 5.92 Å². The number of carboxylic acids is 1. The zero-order chi connectivity index (χ0) is 16.0. The van der Waals surface area contributed by atoms with Crippen molar-refractivity contribution in [2.24, 2.45) is 5.92 Å². The molecule has 0 aliphatic heterocycles. The largest absolute Gasteiger partial charge is 0.481 e. The molecule has 0 bridgehead atoms. The number of hydrogen-bond acceptors (Lipinski definition) is 5. The fourth-order valence-corrected chi connectivity index (χ4v) is 3.88. The lowest BCUT2D eigenvalue weighted by molar-refractivity contribution is -0.141. The Bertz CT molecular complexity index is 583. The van der Waals surface area contributed by atoms with Gasteiger partial charge in [0.05, 0.1) is 12.5 Å². The first-order valence-electron chi connectivity index (χ1n) is 6.28. The molecule has 0 aromatic carbocycles. The number of amides is 1. The Morgan fingerprint density at radius 3 is 2.62 bits per heavy atom. The number of carbonyl (C=O) groups excluding carboxylic acids is 1. The fraction of sp³-hybridized carbons (Fsp3) is 0.500. The number of nitrogens with zero attached hydrogens (tertiary/aromatic N) is 1. The predicted octanol–water partition coefficient (Wildman–Crippen LogP) is 0.596. The van der Waals surface area contributed by atoms with Crippen molar-refractivity contribution in [3.8, 4) is 0 Å². The van der Waals surface area contributed by atoms with Gasteiger partial charge >= 0.3 is 5.97 Å². The van der Waals surface area contributed by atoms with Crippen LogP contribution < -0.4 is 5.32 Å². The van der Waals surface area contributed by atoms with Gasteiger partial charge in [0.15, 0.2) is 0 Å². The normalized spacial score (nSPS) is 13.1. The molecule has 0 spiro atoms. The molecule has 0 saturated carbocycles. The molecule has 0 aliphatic rings. The molecule has 1 amide bonds. The van der Waals surface area contributed by atoms with E-state index >= 15 is 0 Å². The quantitative estimate of drug-likeness (QED) is 0.724. The summed E-state index contributed by atoms with van der Waals surface area (Å²) in [5, 5.41) is 12.9. The molecule has 1 atom stereocenters. The summed E-state index contributed by atoms with van der Waals surface area (Å²) in [6, 6.07) is 3.08. The van der Waals surface area contributed by atoms with Gasteiger partial charge in [-0.15, -0.1) is 11.3 Å². The van der Waals surface area contributed by atoms with Gasteiger partial charge in [-0.2, -0.15) is 4.31 Å². The molecule has 9 heteroatoms. The molecule has 1 rings (SSSR count). The van der Waals surface area contributed by atoms with E-state index in [1.54, 1.807) is 18.4 Å². The van der Waals surface area contributed by atoms with Crippen LogP contribution in [-0.2, 0) is 19.6 Å². The highest BCUT2D eigenvalue weighted by Gasteiger charge is 2.24. The van der Waals surface area contributed by atoms with Crippen molar-refractivity contribution in [3.05, 3.63) is 17.5 Å². The number of nitrogens with one attached hydrogen (secondary N) is 1. The highest BCUT2D eigenvalue weighted by molar-refractivity contribution is 7.91. The molecule has 2 N–H and O–H groups in total. The minimum absolute atomic E-state index is 0.0163. The Hall–Kier alpha value is -1.45. The first kappa shape index (κ1) is 17.6. The summed E-state index contributed by atoms with van der Waals surface area (Å²) in [7, 11) is -2.37. The van der Waals surface area contributed by atoms with Crippen LogP contribution >= 0.6 is 11.3 Å². The Morgan fingerprint density at radius 1 is 1.48 bits per heavy atom. The van der Waals surface area contributed by atoms with Crippen molar-refractivity contribution in [1.82, 2.24) is 9.62 Å². The van der Waals surface area contributed by atoms with Gasteiger partial charge in [-0.05, 0) is 17.9 Å². The molecule has 1 aromatic rings. The molecule has 0 fully saturated rings. The second-order valence-electron chi connectivity index (χ2n) is 4.44. The molecule has 21 heavy (non-hydrogen) atoms. The Labute approximate surface area is 127 Å². The van der Waals surface area contributed by atoms with E-state index < -0.39 is 27.8 Å². The van der Waals surface area contributed by atoms with Crippen molar-refractivity contribution in [3.63, 3.8) is 0 Å². The van der Waals surface area contributed by atoms with Crippen LogP contribution in [0.5, 0.6) is 0 Å². The molecular formula is C12H18N2O5S2. The molecule has 7 nitrogen and oxygen atoms in total. The van der Waals surface area contributed by atoms with Crippen LogP contribution in [0.25, 0.3) is 0 Å². The maximum Gasteiger partial charge on any atom is 0.308 e. The van der Waals surface area contributed by atoms with Crippen LogP contribution in [0.4, 0.5) is 0 Å². The van der Waals surface area contributed by atoms with Crippen LogP contribution in [0.1, 0.15) is 13.3 Å². The van der Waals surface area contributed by atoms with E-state index in [1.165, 1.54) is 13.1 Å². The lowest BCUT2D eigenvalue weighted by Gasteiger charge is -2.16. The van der Waals surface area contributed by atoms with Crippen molar-refractivity contribution >= 4 is 33.2 Å². The summed E-state index contributed by atoms with van der Waals surface area (Å²) in [6.07, 6.45) is 0.388. The van der Waals surface area contributed by atoms with E-state index in [0.29, 0.717) is 6.42 Å². The van der Waals surface area contributed by atoms with Crippen molar-refractivity contribution in [1.29, 1.82) is 0 Å². The number of aliphatic carboxylic acids is 1. The van der Waals surface area contributed by atoms with Crippen molar-refractivity contribution < 1.29 is 23.1 Å². The lowest BCUT2D eigenvalue weighted by Crippen LogP contribution is -2.40. The summed E-state index contributed by atoms with van der Waals surface area (Å²) in [5.74, 6) is -2.19. The molecule has 0 saturated heterocycles. The zero-order valence-electron chi connectivity index (χ0n) is 11.8. The van der Waals surface area contributed by atoms with E-state index in [-0.39, 0.29) is 17.3 Å². The standard InChI is InChI=1S/C12H18N2O5S2/c1-3-9(12(16)17)7-13-10(15)8-14(2)21(18,19)11-5-4-6-20-11/h4-6,9H,3,7-8H2,1-2H3,(H,13,15)(H,16,17). The van der Waals surface area contributed by atoms with Gasteiger partial charge in [-0.3, -0.25) is 9.59 Å². The average Bonchev–Trinajstić information content (AvgIpc) is 2.93. The Balaban J connectivity index is 2.57. The topological polar surface area (TPSA) is 104 Å². The zero-order valence-corrected chi connectivity index (χ0v) is 13.4. The number of carbonyl (C=O) groups is 2. The first-order chi connectivity index (χ1) is 9.78. The number of carboxylic acid groups (broad SMARTS) is 1. The molecule has 1 heterocycles.